The van der Waals surface area contributed by atoms with Gasteiger partial charge in [0.25, 0.3) is 11.8 Å². The lowest BCUT2D eigenvalue weighted by Crippen LogP contribution is -2.60. The van der Waals surface area contributed by atoms with Crippen LogP contribution in [0.25, 0.3) is 0 Å². The molecular weight excluding hydrogens is 529 g/mol. The Hall–Kier alpha value is -3.99. The highest BCUT2D eigenvalue weighted by Gasteiger charge is 2.58. The fraction of sp³-hybridized carbons (Fsp3) is 0.467. The van der Waals surface area contributed by atoms with Crippen molar-refractivity contribution in [1.29, 1.82) is 0 Å². The number of ether oxygens (including phenoxy) is 1. The number of amides is 5. The number of likely N-dealkylation sites (tertiary alicyclic amines) is 1. The normalized spacial score (nSPS) is 19.5. The number of halogens is 1. The maximum atomic E-state index is 14.3. The Morgan fingerprint density at radius 3 is 2.29 bits per heavy atom. The number of carbonyl (C=O) groups excluding carboxylic acids is 4. The van der Waals surface area contributed by atoms with Gasteiger partial charge in [0, 0.05) is 31.5 Å². The Labute approximate surface area is 238 Å². The number of hydrogen-bond donors (Lipinski definition) is 2. The van der Waals surface area contributed by atoms with Gasteiger partial charge in [-0.15, -0.1) is 0 Å². The third kappa shape index (κ3) is 5.26. The molecule has 3 aliphatic heterocycles. The summed E-state index contributed by atoms with van der Waals surface area (Å²) >= 11 is 0. The van der Waals surface area contributed by atoms with Gasteiger partial charge in [-0.05, 0) is 62.1 Å². The Morgan fingerprint density at radius 2 is 1.71 bits per heavy atom. The van der Waals surface area contributed by atoms with Crippen LogP contribution in [0.4, 0.5) is 20.6 Å². The highest BCUT2D eigenvalue weighted by atomic mass is 19.1. The molecule has 10 nitrogen and oxygen atoms in total. The molecule has 3 fully saturated rings. The largest absolute Gasteiger partial charge is 0.378 e. The summed E-state index contributed by atoms with van der Waals surface area (Å²) in [5, 5.41) is 6.08. The third-order valence-electron chi connectivity index (χ3n) is 8.23. The molecule has 3 saturated heterocycles. The van der Waals surface area contributed by atoms with Crippen molar-refractivity contribution < 1.29 is 28.3 Å². The van der Waals surface area contributed by atoms with Gasteiger partial charge in [-0.2, -0.15) is 0 Å². The Bertz CT molecular complexity index is 1350. The zero-order chi connectivity index (χ0) is 29.5. The number of benzene rings is 2. The average Bonchev–Trinajstić information content (AvgIpc) is 3.11. The minimum atomic E-state index is -1.11. The zero-order valence-corrected chi connectivity index (χ0v) is 23.8. The van der Waals surface area contributed by atoms with Crippen LogP contribution in [0.1, 0.15) is 42.6 Å². The molecule has 0 saturated carbocycles. The van der Waals surface area contributed by atoms with Crippen LogP contribution >= 0.6 is 0 Å². The number of hydrogen-bond acceptors (Lipinski definition) is 6. The first-order valence-electron chi connectivity index (χ1n) is 13.9. The number of nitrogens with one attached hydrogen (secondary N) is 2. The van der Waals surface area contributed by atoms with Crippen molar-refractivity contribution in [3.8, 4) is 0 Å². The number of imide groups is 1. The lowest BCUT2D eigenvalue weighted by atomic mass is 9.85. The molecule has 0 aliphatic carbocycles. The Morgan fingerprint density at radius 1 is 1.05 bits per heavy atom. The monoisotopic (exact) mass is 565 g/mol. The summed E-state index contributed by atoms with van der Waals surface area (Å²) in [6, 6.07) is 10.6. The first kappa shape index (κ1) is 28.5. The van der Waals surface area contributed by atoms with Crippen LogP contribution < -0.4 is 15.5 Å². The fourth-order valence-electron chi connectivity index (χ4n) is 5.72. The van der Waals surface area contributed by atoms with E-state index in [1.165, 1.54) is 19.2 Å². The fourth-order valence-corrected chi connectivity index (χ4v) is 5.72. The number of piperidine rings is 1. The average molecular weight is 566 g/mol. The van der Waals surface area contributed by atoms with E-state index in [-0.39, 0.29) is 55.3 Å². The first-order chi connectivity index (χ1) is 19.5. The maximum Gasteiger partial charge on any atom is 0.331 e. The van der Waals surface area contributed by atoms with E-state index < -0.39 is 29.3 Å². The summed E-state index contributed by atoms with van der Waals surface area (Å²) < 4.78 is 19.5. The molecule has 41 heavy (non-hydrogen) atoms. The van der Waals surface area contributed by atoms with Gasteiger partial charge >= 0.3 is 6.03 Å². The van der Waals surface area contributed by atoms with Gasteiger partial charge in [0.05, 0.1) is 24.8 Å². The van der Waals surface area contributed by atoms with Crippen molar-refractivity contribution in [2.24, 2.45) is 5.92 Å². The minimum absolute atomic E-state index is 0.114. The first-order valence-corrected chi connectivity index (χ1v) is 13.9. The van der Waals surface area contributed by atoms with Crippen LogP contribution in [0.2, 0.25) is 0 Å². The molecule has 5 rings (SSSR count). The van der Waals surface area contributed by atoms with Gasteiger partial charge < -0.3 is 20.3 Å². The van der Waals surface area contributed by atoms with E-state index >= 15 is 0 Å². The van der Waals surface area contributed by atoms with Crippen molar-refractivity contribution in [3.63, 3.8) is 0 Å². The van der Waals surface area contributed by atoms with Crippen LogP contribution in [-0.4, -0.2) is 84.5 Å². The number of likely N-dealkylation sites (N-methyl/N-ethyl adjacent to an activating group) is 1. The van der Waals surface area contributed by atoms with Crippen LogP contribution in [0.5, 0.6) is 0 Å². The summed E-state index contributed by atoms with van der Waals surface area (Å²) in [5.41, 5.74) is 1.01. The molecule has 0 radical (unpaired) electrons. The lowest BCUT2D eigenvalue weighted by Gasteiger charge is -2.43. The van der Waals surface area contributed by atoms with Gasteiger partial charge in [0.15, 0.2) is 0 Å². The summed E-state index contributed by atoms with van der Waals surface area (Å²) in [7, 11) is 1.48. The Kier molecular flexibility index (Phi) is 7.74. The number of rotatable bonds is 7. The van der Waals surface area contributed by atoms with E-state index in [1.54, 1.807) is 22.8 Å². The third-order valence-corrected chi connectivity index (χ3v) is 8.23. The lowest BCUT2D eigenvalue weighted by molar-refractivity contribution is -0.139. The molecule has 2 aromatic carbocycles. The summed E-state index contributed by atoms with van der Waals surface area (Å²) in [6.45, 7) is 7.13. The second-order valence-corrected chi connectivity index (χ2v) is 11.4. The maximum absolute atomic E-state index is 14.3. The highest BCUT2D eigenvalue weighted by Crippen LogP contribution is 2.40. The number of urea groups is 1. The van der Waals surface area contributed by atoms with E-state index in [0.29, 0.717) is 18.9 Å². The molecule has 1 atom stereocenters. The second-order valence-electron chi connectivity index (χ2n) is 11.4. The smallest absolute Gasteiger partial charge is 0.331 e. The van der Waals surface area contributed by atoms with Crippen LogP contribution in [0, 0.1) is 18.7 Å². The molecule has 5 amide bonds. The molecule has 2 N–H and O–H groups in total. The van der Waals surface area contributed by atoms with Crippen LogP contribution in [0.15, 0.2) is 42.5 Å². The molecule has 11 heteroatoms. The molecule has 218 valence electrons. The molecule has 2 aromatic rings. The van der Waals surface area contributed by atoms with Gasteiger partial charge in [-0.25, -0.2) is 9.18 Å². The molecule has 0 unspecified atom stereocenters. The highest BCUT2D eigenvalue weighted by molar-refractivity contribution is 6.16. The van der Waals surface area contributed by atoms with E-state index in [4.69, 9.17) is 4.74 Å². The van der Waals surface area contributed by atoms with Crippen LogP contribution in [0.3, 0.4) is 0 Å². The number of carbonyl (C=O) groups is 4. The number of aryl methyl sites for hydroxylation is 1. The van der Waals surface area contributed by atoms with Crippen molar-refractivity contribution >= 4 is 35.1 Å². The SMILES string of the molecule is Cc1ccc(F)c(C(=O)N[C@@H](C(=O)N2CCC3(CC2)C(=O)N(C)C(=O)N3c2ccc(NC3COC3)cc2)C(C)C)c1. The Balaban J connectivity index is 1.31. The molecule has 0 aromatic heterocycles. The standard InChI is InChI=1S/C30H36FN5O5/c1-18(2)25(33-26(37)23-15-19(3)5-10-24(23)31)27(38)35-13-11-30(12-14-35)28(39)34(4)29(40)36(30)22-8-6-20(7-9-22)32-21-16-41-17-21/h5-10,15,18,21,25,32H,11-14,16-17H2,1-4H3,(H,33,37)/t25-/m1/s1. The quantitative estimate of drug-likeness (QED) is 0.499. The van der Waals surface area contributed by atoms with Crippen molar-refractivity contribution in [1.82, 2.24) is 15.1 Å². The van der Waals surface area contributed by atoms with Gasteiger partial charge in [-0.3, -0.25) is 24.2 Å². The predicted molar refractivity (Wildman–Crippen MR) is 151 cm³/mol. The topological polar surface area (TPSA) is 111 Å². The van der Waals surface area contributed by atoms with Crippen molar-refractivity contribution in [3.05, 3.63) is 59.4 Å². The van der Waals surface area contributed by atoms with E-state index in [1.807, 2.05) is 38.1 Å². The molecule has 3 heterocycles. The summed E-state index contributed by atoms with van der Waals surface area (Å²) in [6.07, 6.45) is 0.497. The molecule has 0 bridgehead atoms. The van der Waals surface area contributed by atoms with E-state index in [9.17, 15) is 23.6 Å². The molecular formula is C30H36FN5O5. The van der Waals surface area contributed by atoms with Crippen molar-refractivity contribution in [2.45, 2.75) is 51.2 Å². The zero-order valence-electron chi connectivity index (χ0n) is 23.8. The summed E-state index contributed by atoms with van der Waals surface area (Å²) in [4.78, 5) is 57.6. The molecule has 1 spiro atoms. The van der Waals surface area contributed by atoms with Crippen LogP contribution in [-0.2, 0) is 14.3 Å². The van der Waals surface area contributed by atoms with Gasteiger partial charge in [0.1, 0.15) is 17.4 Å². The molecule has 3 aliphatic rings. The van der Waals surface area contributed by atoms with E-state index in [2.05, 4.69) is 10.6 Å². The predicted octanol–water partition coefficient (Wildman–Crippen LogP) is 3.16. The van der Waals surface area contributed by atoms with Crippen molar-refractivity contribution in [2.75, 3.05) is 43.6 Å². The number of anilines is 2. The van der Waals surface area contributed by atoms with Gasteiger partial charge in [0.2, 0.25) is 5.91 Å². The minimum Gasteiger partial charge on any atom is -0.378 e. The summed E-state index contributed by atoms with van der Waals surface area (Å²) in [5.74, 6) is -2.17. The second kappa shape index (κ2) is 11.1. The van der Waals surface area contributed by atoms with Gasteiger partial charge in [-0.1, -0.05) is 25.5 Å². The van der Waals surface area contributed by atoms with E-state index in [0.717, 1.165) is 16.2 Å². The number of nitrogens with zero attached hydrogens (tertiary/aromatic N) is 3.